The molecule has 24 heavy (non-hydrogen) atoms. The molecule has 1 fully saturated rings. The molecule has 0 radical (unpaired) electrons. The largest absolute Gasteiger partial charge is 0.492 e. The van der Waals surface area contributed by atoms with Crippen LogP contribution in [-0.2, 0) is 10.9 Å². The van der Waals surface area contributed by atoms with E-state index in [-0.39, 0.29) is 12.0 Å². The highest BCUT2D eigenvalue weighted by Crippen LogP contribution is 2.30. The maximum absolute atomic E-state index is 12.4. The third-order valence-electron chi connectivity index (χ3n) is 3.47. The lowest BCUT2D eigenvalue weighted by Crippen LogP contribution is -2.47. The summed E-state index contributed by atoms with van der Waals surface area (Å²) in [6.07, 6.45) is -2.34. The second-order valence-electron chi connectivity index (χ2n) is 6.87. The Balaban J connectivity index is 1.68. The summed E-state index contributed by atoms with van der Waals surface area (Å²) in [5.41, 5.74) is -1.48. The van der Waals surface area contributed by atoms with Gasteiger partial charge < -0.3 is 14.8 Å². The molecule has 1 N–H and O–H groups in total. The van der Waals surface area contributed by atoms with Crippen LogP contribution in [0.3, 0.4) is 0 Å². The quantitative estimate of drug-likeness (QED) is 0.901. The van der Waals surface area contributed by atoms with Crippen LogP contribution in [0.5, 0.6) is 5.75 Å². The van der Waals surface area contributed by atoms with Gasteiger partial charge in [0, 0.05) is 6.04 Å². The summed E-state index contributed by atoms with van der Waals surface area (Å²) in [4.78, 5) is 14.9. The summed E-state index contributed by atoms with van der Waals surface area (Å²) in [6.45, 7) is 5.76. The monoisotopic (exact) mass is 346 g/mol. The van der Waals surface area contributed by atoms with Crippen molar-refractivity contribution in [3.63, 3.8) is 0 Å². The first-order valence-electron chi connectivity index (χ1n) is 7.68. The van der Waals surface area contributed by atoms with E-state index >= 15 is 0 Å². The fraction of sp³-hybridized carbons (Fsp3) is 0.625. The maximum Gasteiger partial charge on any atom is 0.433 e. The van der Waals surface area contributed by atoms with Crippen molar-refractivity contribution in [2.45, 2.75) is 51.4 Å². The molecule has 1 aromatic heterocycles. The summed E-state index contributed by atoms with van der Waals surface area (Å²) < 4.78 is 47.8. The minimum absolute atomic E-state index is 0.0409. The topological polar surface area (TPSA) is 60.5 Å². The smallest absolute Gasteiger partial charge is 0.433 e. The molecule has 0 aromatic carbocycles. The number of carbonyl (C=O) groups excluding carboxylic acids is 1. The molecule has 1 saturated carbocycles. The average Bonchev–Trinajstić information content (AvgIpc) is 2.38. The second-order valence-corrected chi connectivity index (χ2v) is 6.87. The van der Waals surface area contributed by atoms with Crippen LogP contribution in [0.25, 0.3) is 0 Å². The van der Waals surface area contributed by atoms with E-state index in [1.54, 1.807) is 20.8 Å². The Morgan fingerprint density at radius 2 is 1.96 bits per heavy atom. The summed E-state index contributed by atoms with van der Waals surface area (Å²) >= 11 is 0. The van der Waals surface area contributed by atoms with Gasteiger partial charge in [0.15, 0.2) is 0 Å². The first-order valence-corrected chi connectivity index (χ1v) is 7.68. The third-order valence-corrected chi connectivity index (χ3v) is 3.47. The Bertz CT molecular complexity index is 561. The zero-order valence-corrected chi connectivity index (χ0v) is 13.8. The van der Waals surface area contributed by atoms with Gasteiger partial charge in [-0.25, -0.2) is 9.78 Å². The van der Waals surface area contributed by atoms with Gasteiger partial charge in [0.05, 0.1) is 12.8 Å². The molecular weight excluding hydrogens is 325 g/mol. The summed E-state index contributed by atoms with van der Waals surface area (Å²) in [5.74, 6) is 0.541. The second kappa shape index (κ2) is 6.86. The number of hydrogen-bond acceptors (Lipinski definition) is 4. The van der Waals surface area contributed by atoms with Gasteiger partial charge in [0.2, 0.25) is 0 Å². The predicted molar refractivity (Wildman–Crippen MR) is 80.6 cm³/mol. The molecule has 0 bridgehead atoms. The molecular formula is C16H21F3N2O3. The number of amides is 1. The number of aromatic nitrogens is 1. The summed E-state index contributed by atoms with van der Waals surface area (Å²) in [6, 6.07) is 2.19. The van der Waals surface area contributed by atoms with E-state index in [0.29, 0.717) is 12.4 Å². The molecule has 2 rings (SSSR count). The van der Waals surface area contributed by atoms with Gasteiger partial charge in [-0.15, -0.1) is 0 Å². The fourth-order valence-corrected chi connectivity index (χ4v) is 2.31. The number of pyridine rings is 1. The van der Waals surface area contributed by atoms with Gasteiger partial charge >= 0.3 is 12.3 Å². The van der Waals surface area contributed by atoms with E-state index in [1.807, 2.05) is 0 Å². The van der Waals surface area contributed by atoms with Crippen molar-refractivity contribution in [1.29, 1.82) is 0 Å². The Morgan fingerprint density at radius 3 is 2.46 bits per heavy atom. The SMILES string of the molecule is CC(C)(C)OC(=O)NC1CC(COc2ccc(C(F)(F)F)nc2)C1. The van der Waals surface area contributed by atoms with E-state index in [9.17, 15) is 18.0 Å². The Labute approximate surface area is 138 Å². The molecule has 0 spiro atoms. The van der Waals surface area contributed by atoms with Crippen LogP contribution in [0.4, 0.5) is 18.0 Å². The number of alkyl carbamates (subject to hydrolysis) is 1. The lowest BCUT2D eigenvalue weighted by Gasteiger charge is -2.35. The van der Waals surface area contributed by atoms with Crippen molar-refractivity contribution in [3.05, 3.63) is 24.0 Å². The van der Waals surface area contributed by atoms with Crippen LogP contribution in [0.15, 0.2) is 18.3 Å². The first kappa shape index (κ1) is 18.4. The van der Waals surface area contributed by atoms with Gasteiger partial charge in [-0.1, -0.05) is 0 Å². The van der Waals surface area contributed by atoms with E-state index in [1.165, 1.54) is 6.07 Å². The Kier molecular flexibility index (Phi) is 5.25. The number of halogens is 3. The molecule has 0 aliphatic heterocycles. The molecule has 0 atom stereocenters. The zero-order valence-electron chi connectivity index (χ0n) is 13.8. The molecule has 0 saturated heterocycles. The first-order chi connectivity index (χ1) is 11.0. The van der Waals surface area contributed by atoms with Crippen LogP contribution in [0.2, 0.25) is 0 Å². The number of hydrogen-bond donors (Lipinski definition) is 1. The number of rotatable bonds is 4. The van der Waals surface area contributed by atoms with Gasteiger partial charge in [-0.05, 0) is 51.7 Å². The Morgan fingerprint density at radius 1 is 1.29 bits per heavy atom. The van der Waals surface area contributed by atoms with E-state index < -0.39 is 23.6 Å². The normalized spacial score (nSPS) is 20.9. The fourth-order valence-electron chi connectivity index (χ4n) is 2.31. The highest BCUT2D eigenvalue weighted by molar-refractivity contribution is 5.68. The van der Waals surface area contributed by atoms with Gasteiger partial charge in [-0.2, -0.15) is 13.2 Å². The number of nitrogens with zero attached hydrogens (tertiary/aromatic N) is 1. The average molecular weight is 346 g/mol. The van der Waals surface area contributed by atoms with E-state index in [4.69, 9.17) is 9.47 Å². The zero-order chi connectivity index (χ0) is 18.0. The minimum atomic E-state index is -4.45. The Hall–Kier alpha value is -1.99. The van der Waals surface area contributed by atoms with Crippen LogP contribution < -0.4 is 10.1 Å². The van der Waals surface area contributed by atoms with Crippen LogP contribution >= 0.6 is 0 Å². The summed E-state index contributed by atoms with van der Waals surface area (Å²) in [5, 5.41) is 2.77. The van der Waals surface area contributed by atoms with Gasteiger partial charge in [0.1, 0.15) is 17.0 Å². The molecule has 134 valence electrons. The molecule has 1 amide bonds. The third kappa shape index (κ3) is 5.58. The van der Waals surface area contributed by atoms with Crippen molar-refractivity contribution in [3.8, 4) is 5.75 Å². The number of nitrogens with one attached hydrogen (secondary N) is 1. The number of ether oxygens (including phenoxy) is 2. The van der Waals surface area contributed by atoms with E-state index in [2.05, 4.69) is 10.3 Å². The lowest BCUT2D eigenvalue weighted by atomic mass is 9.81. The van der Waals surface area contributed by atoms with Crippen molar-refractivity contribution >= 4 is 6.09 Å². The molecule has 5 nitrogen and oxygen atoms in total. The van der Waals surface area contributed by atoms with Crippen molar-refractivity contribution in [1.82, 2.24) is 10.3 Å². The van der Waals surface area contributed by atoms with E-state index in [0.717, 1.165) is 25.1 Å². The number of alkyl halides is 3. The minimum Gasteiger partial charge on any atom is -0.492 e. The molecule has 0 unspecified atom stereocenters. The molecule has 1 aromatic rings. The molecule has 8 heteroatoms. The molecule has 1 aliphatic rings. The van der Waals surface area contributed by atoms with Crippen molar-refractivity contribution in [2.75, 3.05) is 6.61 Å². The maximum atomic E-state index is 12.4. The molecule has 1 heterocycles. The van der Waals surface area contributed by atoms with Crippen molar-refractivity contribution < 1.29 is 27.4 Å². The van der Waals surface area contributed by atoms with Crippen molar-refractivity contribution in [2.24, 2.45) is 5.92 Å². The lowest BCUT2D eigenvalue weighted by molar-refractivity contribution is -0.141. The highest BCUT2D eigenvalue weighted by atomic mass is 19.4. The molecule has 1 aliphatic carbocycles. The van der Waals surface area contributed by atoms with Crippen LogP contribution in [0, 0.1) is 5.92 Å². The standard InChI is InChI=1S/C16H21F3N2O3/c1-15(2,3)24-14(22)21-11-6-10(7-11)9-23-12-4-5-13(20-8-12)16(17,18)19/h4-5,8,10-11H,6-7,9H2,1-3H3,(H,21,22). The van der Waals surface area contributed by atoms with Gasteiger partial charge in [-0.3, -0.25) is 0 Å². The predicted octanol–water partition coefficient (Wildman–Crippen LogP) is 3.78. The van der Waals surface area contributed by atoms with Crippen LogP contribution in [0.1, 0.15) is 39.3 Å². The highest BCUT2D eigenvalue weighted by Gasteiger charge is 2.33. The van der Waals surface area contributed by atoms with Crippen LogP contribution in [-0.4, -0.2) is 29.3 Å². The summed E-state index contributed by atoms with van der Waals surface area (Å²) in [7, 11) is 0. The van der Waals surface area contributed by atoms with Gasteiger partial charge in [0.25, 0.3) is 0 Å². The number of carbonyl (C=O) groups is 1.